The van der Waals surface area contributed by atoms with Crippen molar-refractivity contribution < 1.29 is 9.53 Å². The van der Waals surface area contributed by atoms with E-state index in [1.165, 1.54) is 19.3 Å². The smallest absolute Gasteiger partial charge is 0.249 e. The van der Waals surface area contributed by atoms with Gasteiger partial charge in [0.2, 0.25) is 5.91 Å². The van der Waals surface area contributed by atoms with Gasteiger partial charge in [-0.05, 0) is 46.1 Å². The van der Waals surface area contributed by atoms with Gasteiger partial charge in [-0.2, -0.15) is 0 Å². The summed E-state index contributed by atoms with van der Waals surface area (Å²) in [6.45, 7) is 7.68. The molecule has 1 aliphatic rings. The van der Waals surface area contributed by atoms with Crippen molar-refractivity contribution in [2.24, 2.45) is 0 Å². The second-order valence-electron chi connectivity index (χ2n) is 5.27. The molecule has 0 aliphatic carbocycles. The lowest BCUT2D eigenvalue weighted by atomic mass is 10.0. The van der Waals surface area contributed by atoms with Gasteiger partial charge in [0.1, 0.15) is 6.10 Å². The number of hydrogen-bond donors (Lipinski definition) is 2. The average molecular weight is 256 g/mol. The molecule has 0 saturated carbocycles. The van der Waals surface area contributed by atoms with E-state index in [9.17, 15) is 4.79 Å². The van der Waals surface area contributed by atoms with Crippen LogP contribution in [0.3, 0.4) is 0 Å². The molecule has 1 fully saturated rings. The molecule has 4 heteroatoms. The van der Waals surface area contributed by atoms with Crippen molar-refractivity contribution in [2.75, 3.05) is 13.2 Å². The molecule has 0 bridgehead atoms. The lowest BCUT2D eigenvalue weighted by molar-refractivity contribution is -0.132. The van der Waals surface area contributed by atoms with Crippen LogP contribution in [0.4, 0.5) is 0 Å². The summed E-state index contributed by atoms with van der Waals surface area (Å²) in [5, 5.41) is 6.42. The Morgan fingerprint density at radius 1 is 1.44 bits per heavy atom. The van der Waals surface area contributed by atoms with Gasteiger partial charge < -0.3 is 15.4 Å². The molecular formula is C14H28N2O2. The summed E-state index contributed by atoms with van der Waals surface area (Å²) in [6.07, 6.45) is 5.43. The number of piperidine rings is 1. The van der Waals surface area contributed by atoms with Crippen LogP contribution in [0.5, 0.6) is 0 Å². The summed E-state index contributed by atoms with van der Waals surface area (Å²) in [4.78, 5) is 11.7. The Morgan fingerprint density at radius 2 is 2.22 bits per heavy atom. The first-order valence-electron chi connectivity index (χ1n) is 7.28. The van der Waals surface area contributed by atoms with Crippen LogP contribution in [0.1, 0.15) is 52.9 Å². The minimum absolute atomic E-state index is 0.000883. The molecule has 18 heavy (non-hydrogen) atoms. The topological polar surface area (TPSA) is 50.4 Å². The van der Waals surface area contributed by atoms with E-state index >= 15 is 0 Å². The Morgan fingerprint density at radius 3 is 2.83 bits per heavy atom. The molecule has 0 aromatic rings. The predicted octanol–water partition coefficient (Wildman–Crippen LogP) is 1.84. The van der Waals surface area contributed by atoms with E-state index < -0.39 is 0 Å². The molecule has 1 amide bonds. The Bertz CT molecular complexity index is 240. The molecule has 106 valence electrons. The van der Waals surface area contributed by atoms with Crippen molar-refractivity contribution >= 4 is 5.91 Å². The number of hydrogen-bond acceptors (Lipinski definition) is 3. The third kappa shape index (κ3) is 5.83. The summed E-state index contributed by atoms with van der Waals surface area (Å²) in [5.74, 6) is 0.000883. The summed E-state index contributed by atoms with van der Waals surface area (Å²) < 4.78 is 5.60. The molecule has 1 saturated heterocycles. The van der Waals surface area contributed by atoms with E-state index in [-0.39, 0.29) is 18.1 Å². The third-order valence-electron chi connectivity index (χ3n) is 3.62. The van der Waals surface area contributed by atoms with Crippen LogP contribution < -0.4 is 10.6 Å². The van der Waals surface area contributed by atoms with Gasteiger partial charge in [-0.25, -0.2) is 0 Å². The lowest BCUT2D eigenvalue weighted by Crippen LogP contribution is -2.40. The first-order valence-corrected chi connectivity index (χ1v) is 7.28. The van der Waals surface area contributed by atoms with Crippen LogP contribution in [0.15, 0.2) is 0 Å². The van der Waals surface area contributed by atoms with Crippen LogP contribution in [-0.4, -0.2) is 37.2 Å². The Hall–Kier alpha value is -0.610. The first kappa shape index (κ1) is 15.4. The quantitative estimate of drug-likeness (QED) is 0.731. The lowest BCUT2D eigenvalue weighted by Gasteiger charge is -2.24. The largest absolute Gasteiger partial charge is 0.369 e. The van der Waals surface area contributed by atoms with Gasteiger partial charge in [0.15, 0.2) is 0 Å². The normalized spacial score (nSPS) is 23.4. The van der Waals surface area contributed by atoms with E-state index in [1.54, 1.807) is 0 Å². The third-order valence-corrected chi connectivity index (χ3v) is 3.62. The fourth-order valence-electron chi connectivity index (χ4n) is 2.10. The van der Waals surface area contributed by atoms with E-state index in [1.807, 2.05) is 13.8 Å². The molecule has 1 aliphatic heterocycles. The van der Waals surface area contributed by atoms with Gasteiger partial charge >= 0.3 is 0 Å². The number of rotatable bonds is 7. The second-order valence-corrected chi connectivity index (χ2v) is 5.27. The zero-order valence-electron chi connectivity index (χ0n) is 12.0. The molecule has 1 rings (SSSR count). The van der Waals surface area contributed by atoms with Crippen LogP contribution >= 0.6 is 0 Å². The maximum atomic E-state index is 11.7. The molecule has 3 unspecified atom stereocenters. The minimum atomic E-state index is -0.345. The Labute approximate surface area is 111 Å². The molecule has 2 N–H and O–H groups in total. The number of carbonyl (C=O) groups excluding carboxylic acids is 1. The van der Waals surface area contributed by atoms with Gasteiger partial charge in [-0.1, -0.05) is 13.3 Å². The highest BCUT2D eigenvalue weighted by atomic mass is 16.5. The van der Waals surface area contributed by atoms with E-state index in [4.69, 9.17) is 4.74 Å². The Kier molecular flexibility index (Phi) is 7.28. The fraction of sp³-hybridized carbons (Fsp3) is 0.929. The zero-order valence-corrected chi connectivity index (χ0v) is 12.0. The molecule has 0 aromatic heterocycles. The van der Waals surface area contributed by atoms with Crippen molar-refractivity contribution in [1.82, 2.24) is 10.6 Å². The van der Waals surface area contributed by atoms with E-state index in [2.05, 4.69) is 17.6 Å². The van der Waals surface area contributed by atoms with Gasteiger partial charge in [-0.3, -0.25) is 4.79 Å². The van der Waals surface area contributed by atoms with Crippen molar-refractivity contribution in [3.05, 3.63) is 0 Å². The van der Waals surface area contributed by atoms with Gasteiger partial charge in [0.25, 0.3) is 0 Å². The molecular weight excluding hydrogens is 228 g/mol. The maximum Gasteiger partial charge on any atom is 0.249 e. The van der Waals surface area contributed by atoms with E-state index in [0.29, 0.717) is 12.6 Å². The zero-order chi connectivity index (χ0) is 13.4. The molecule has 3 atom stereocenters. The van der Waals surface area contributed by atoms with Crippen LogP contribution in [0, 0.1) is 0 Å². The van der Waals surface area contributed by atoms with Crippen molar-refractivity contribution in [3.63, 3.8) is 0 Å². The van der Waals surface area contributed by atoms with Crippen molar-refractivity contribution in [2.45, 2.75) is 71.1 Å². The highest BCUT2D eigenvalue weighted by Crippen LogP contribution is 2.10. The van der Waals surface area contributed by atoms with Crippen LogP contribution in [0.2, 0.25) is 0 Å². The first-order chi connectivity index (χ1) is 8.63. The van der Waals surface area contributed by atoms with Gasteiger partial charge in [-0.15, -0.1) is 0 Å². The molecule has 4 nitrogen and oxygen atoms in total. The number of amides is 1. The summed E-state index contributed by atoms with van der Waals surface area (Å²) in [7, 11) is 0. The van der Waals surface area contributed by atoms with Crippen molar-refractivity contribution in [3.8, 4) is 0 Å². The minimum Gasteiger partial charge on any atom is -0.369 e. The van der Waals surface area contributed by atoms with Crippen LogP contribution in [0.25, 0.3) is 0 Å². The maximum absolute atomic E-state index is 11.7. The SMILES string of the molecule is CCC(C)NC(=O)C(C)OCCC1CCCCN1. The highest BCUT2D eigenvalue weighted by molar-refractivity contribution is 5.80. The summed E-state index contributed by atoms with van der Waals surface area (Å²) in [5.41, 5.74) is 0. The number of carbonyl (C=O) groups is 1. The van der Waals surface area contributed by atoms with Crippen LogP contribution in [-0.2, 0) is 9.53 Å². The molecule has 0 spiro atoms. The predicted molar refractivity (Wildman–Crippen MR) is 73.6 cm³/mol. The summed E-state index contributed by atoms with van der Waals surface area (Å²) in [6, 6.07) is 0.798. The van der Waals surface area contributed by atoms with E-state index in [0.717, 1.165) is 19.4 Å². The highest BCUT2D eigenvalue weighted by Gasteiger charge is 2.16. The summed E-state index contributed by atoms with van der Waals surface area (Å²) >= 11 is 0. The molecule has 0 radical (unpaired) electrons. The molecule has 0 aromatic carbocycles. The number of ether oxygens (including phenoxy) is 1. The fourth-order valence-corrected chi connectivity index (χ4v) is 2.10. The Balaban J connectivity index is 2.11. The second kappa shape index (κ2) is 8.48. The van der Waals surface area contributed by atoms with Gasteiger partial charge in [0.05, 0.1) is 0 Å². The monoisotopic (exact) mass is 256 g/mol. The average Bonchev–Trinajstić information content (AvgIpc) is 2.39. The van der Waals surface area contributed by atoms with Gasteiger partial charge in [0, 0.05) is 18.7 Å². The number of nitrogens with one attached hydrogen (secondary N) is 2. The van der Waals surface area contributed by atoms with Crippen molar-refractivity contribution in [1.29, 1.82) is 0 Å². The standard InChI is InChI=1S/C14H28N2O2/c1-4-11(2)16-14(17)12(3)18-10-8-13-7-5-6-9-15-13/h11-13,15H,4-10H2,1-3H3,(H,16,17). The molecule has 1 heterocycles.